The lowest BCUT2D eigenvalue weighted by atomic mass is 10.1. The molecule has 0 N–H and O–H groups in total. The van der Waals surface area contributed by atoms with Crippen LogP contribution in [0.3, 0.4) is 0 Å². The van der Waals surface area contributed by atoms with Crippen LogP contribution in [-0.4, -0.2) is 17.1 Å². The molecule has 0 spiro atoms. The third-order valence-electron chi connectivity index (χ3n) is 2.39. The second kappa shape index (κ2) is 4.75. The largest absolute Gasteiger partial charge is 0.495 e. The number of pyridine rings is 2. The van der Waals surface area contributed by atoms with E-state index >= 15 is 0 Å². The maximum absolute atomic E-state index is 5.06. The highest BCUT2D eigenvalue weighted by Crippen LogP contribution is 2.11. The van der Waals surface area contributed by atoms with Crippen LogP contribution in [0.1, 0.15) is 17.0 Å². The third-order valence-corrected chi connectivity index (χ3v) is 2.39. The predicted molar refractivity (Wildman–Crippen MR) is 62.6 cm³/mol. The van der Waals surface area contributed by atoms with Gasteiger partial charge in [0.05, 0.1) is 13.3 Å². The highest BCUT2D eigenvalue weighted by Gasteiger charge is 1.98. The van der Waals surface area contributed by atoms with Crippen LogP contribution >= 0.6 is 0 Å². The Balaban J connectivity index is 2.11. The van der Waals surface area contributed by atoms with Crippen molar-refractivity contribution in [1.29, 1.82) is 0 Å². The fourth-order valence-electron chi connectivity index (χ4n) is 1.45. The molecule has 0 saturated heterocycles. The van der Waals surface area contributed by atoms with Crippen LogP contribution in [0.5, 0.6) is 5.75 Å². The van der Waals surface area contributed by atoms with Gasteiger partial charge in [-0.3, -0.25) is 9.97 Å². The third kappa shape index (κ3) is 2.57. The number of aryl methyl sites for hydroxylation is 1. The predicted octanol–water partition coefficient (Wildman–Crippen LogP) is 2.38. The molecule has 0 amide bonds. The Morgan fingerprint density at radius 3 is 2.50 bits per heavy atom. The zero-order valence-electron chi connectivity index (χ0n) is 9.47. The molecule has 0 aliphatic carbocycles. The molecule has 2 rings (SSSR count). The first-order valence-electron chi connectivity index (χ1n) is 5.18. The minimum atomic E-state index is 0.783. The monoisotopic (exact) mass is 214 g/mol. The summed E-state index contributed by atoms with van der Waals surface area (Å²) in [6.45, 7) is 1.98. The van der Waals surface area contributed by atoms with Crippen molar-refractivity contribution in [2.75, 3.05) is 7.11 Å². The molecular formula is C13H14N2O. The highest BCUT2D eigenvalue weighted by atomic mass is 16.5. The van der Waals surface area contributed by atoms with Crippen LogP contribution in [0, 0.1) is 6.92 Å². The van der Waals surface area contributed by atoms with Crippen molar-refractivity contribution in [2.45, 2.75) is 13.3 Å². The number of hydrogen-bond acceptors (Lipinski definition) is 3. The molecule has 0 atom stereocenters. The Morgan fingerprint density at radius 1 is 1.06 bits per heavy atom. The Kier molecular flexibility index (Phi) is 3.15. The van der Waals surface area contributed by atoms with Gasteiger partial charge in [0.1, 0.15) is 5.75 Å². The van der Waals surface area contributed by atoms with Gasteiger partial charge >= 0.3 is 0 Å². The molecule has 0 saturated carbocycles. The minimum Gasteiger partial charge on any atom is -0.495 e. The fourth-order valence-corrected chi connectivity index (χ4v) is 1.45. The minimum absolute atomic E-state index is 0.783. The molecule has 3 heteroatoms. The molecule has 0 aliphatic heterocycles. The Hall–Kier alpha value is -1.90. The quantitative estimate of drug-likeness (QED) is 0.786. The number of hydrogen-bond donors (Lipinski definition) is 0. The van der Waals surface area contributed by atoms with Crippen molar-refractivity contribution in [2.24, 2.45) is 0 Å². The average Bonchev–Trinajstić information content (AvgIpc) is 2.33. The summed E-state index contributed by atoms with van der Waals surface area (Å²) in [7, 11) is 1.64. The van der Waals surface area contributed by atoms with Crippen LogP contribution in [-0.2, 0) is 6.42 Å². The molecule has 0 bridgehead atoms. The lowest BCUT2D eigenvalue weighted by Gasteiger charge is -2.03. The molecule has 0 radical (unpaired) electrons. The summed E-state index contributed by atoms with van der Waals surface area (Å²) in [5.74, 6) is 0.783. The lowest BCUT2D eigenvalue weighted by Crippen LogP contribution is -1.94. The Morgan fingerprint density at radius 2 is 1.94 bits per heavy atom. The summed E-state index contributed by atoms with van der Waals surface area (Å²) in [6, 6.07) is 7.98. The van der Waals surface area contributed by atoms with Crippen LogP contribution in [0.4, 0.5) is 0 Å². The number of rotatable bonds is 3. The maximum Gasteiger partial charge on any atom is 0.137 e. The van der Waals surface area contributed by atoms with Crippen LogP contribution < -0.4 is 4.74 Å². The smallest absolute Gasteiger partial charge is 0.137 e. The van der Waals surface area contributed by atoms with Crippen LogP contribution in [0.15, 0.2) is 36.7 Å². The Bertz CT molecular complexity index is 448. The maximum atomic E-state index is 5.06. The normalized spacial score (nSPS) is 10.1. The van der Waals surface area contributed by atoms with Crippen molar-refractivity contribution in [3.63, 3.8) is 0 Å². The second-order valence-electron chi connectivity index (χ2n) is 3.67. The molecule has 2 aromatic heterocycles. The van der Waals surface area contributed by atoms with Crippen molar-refractivity contribution in [3.05, 3.63) is 53.6 Å². The van der Waals surface area contributed by atoms with Gasteiger partial charge in [-0.1, -0.05) is 6.07 Å². The summed E-state index contributed by atoms with van der Waals surface area (Å²) in [6.07, 6.45) is 4.43. The molecule has 2 aromatic rings. The van der Waals surface area contributed by atoms with E-state index in [2.05, 4.69) is 16.0 Å². The molecule has 3 nitrogen and oxygen atoms in total. The molecule has 0 unspecified atom stereocenters. The van der Waals surface area contributed by atoms with Gasteiger partial charge in [-0.05, 0) is 30.7 Å². The number of ether oxygens (including phenoxy) is 1. The van der Waals surface area contributed by atoms with Gasteiger partial charge in [0.2, 0.25) is 0 Å². The zero-order valence-corrected chi connectivity index (χ0v) is 9.47. The van der Waals surface area contributed by atoms with Crippen molar-refractivity contribution >= 4 is 0 Å². The second-order valence-corrected chi connectivity index (χ2v) is 3.67. The molecule has 0 fully saturated rings. The summed E-state index contributed by atoms with van der Waals surface area (Å²) in [5.41, 5.74) is 3.22. The van der Waals surface area contributed by atoms with Crippen molar-refractivity contribution in [3.8, 4) is 5.75 Å². The van der Waals surface area contributed by atoms with E-state index in [0.29, 0.717) is 0 Å². The van der Waals surface area contributed by atoms with E-state index in [1.165, 1.54) is 5.56 Å². The number of methoxy groups -OCH3 is 1. The van der Waals surface area contributed by atoms with Gasteiger partial charge in [0.25, 0.3) is 0 Å². The molecule has 2 heterocycles. The summed E-state index contributed by atoms with van der Waals surface area (Å²) in [5, 5.41) is 0. The summed E-state index contributed by atoms with van der Waals surface area (Å²) >= 11 is 0. The van der Waals surface area contributed by atoms with Gasteiger partial charge in [0.15, 0.2) is 0 Å². The van der Waals surface area contributed by atoms with Gasteiger partial charge < -0.3 is 4.74 Å². The van der Waals surface area contributed by atoms with Gasteiger partial charge in [-0.15, -0.1) is 0 Å². The lowest BCUT2D eigenvalue weighted by molar-refractivity contribution is 0.412. The molecule has 16 heavy (non-hydrogen) atoms. The van der Waals surface area contributed by atoms with Crippen molar-refractivity contribution < 1.29 is 4.74 Å². The SMILES string of the molecule is COc1ccc(Cc2ccc(C)nc2)nc1. The molecule has 0 aliphatic rings. The fraction of sp³-hybridized carbons (Fsp3) is 0.231. The first-order chi connectivity index (χ1) is 7.78. The van der Waals surface area contributed by atoms with E-state index in [0.717, 1.165) is 23.6 Å². The average molecular weight is 214 g/mol. The first kappa shape index (κ1) is 10.6. The van der Waals surface area contributed by atoms with Gasteiger partial charge in [0, 0.05) is 24.0 Å². The van der Waals surface area contributed by atoms with Gasteiger partial charge in [-0.2, -0.15) is 0 Å². The number of aromatic nitrogens is 2. The van der Waals surface area contributed by atoms with Crippen LogP contribution in [0.25, 0.3) is 0 Å². The number of nitrogens with zero attached hydrogens (tertiary/aromatic N) is 2. The molecular weight excluding hydrogens is 200 g/mol. The van der Waals surface area contributed by atoms with Crippen LogP contribution in [0.2, 0.25) is 0 Å². The zero-order chi connectivity index (χ0) is 11.4. The van der Waals surface area contributed by atoms with E-state index in [-0.39, 0.29) is 0 Å². The highest BCUT2D eigenvalue weighted by molar-refractivity contribution is 5.24. The molecule has 0 aromatic carbocycles. The topological polar surface area (TPSA) is 35.0 Å². The van der Waals surface area contributed by atoms with E-state index in [9.17, 15) is 0 Å². The van der Waals surface area contributed by atoms with E-state index in [1.54, 1.807) is 13.3 Å². The van der Waals surface area contributed by atoms with E-state index < -0.39 is 0 Å². The standard InChI is InChI=1S/C13H14N2O/c1-10-3-4-11(8-14-10)7-12-5-6-13(16-2)9-15-12/h3-6,8-9H,7H2,1-2H3. The summed E-state index contributed by atoms with van der Waals surface area (Å²) < 4.78 is 5.06. The van der Waals surface area contributed by atoms with Gasteiger partial charge in [-0.25, -0.2) is 0 Å². The van der Waals surface area contributed by atoms with E-state index in [4.69, 9.17) is 4.74 Å². The Labute approximate surface area is 95.1 Å². The molecule has 82 valence electrons. The summed E-state index contributed by atoms with van der Waals surface area (Å²) in [4.78, 5) is 8.57. The van der Waals surface area contributed by atoms with Crippen molar-refractivity contribution in [1.82, 2.24) is 9.97 Å². The first-order valence-corrected chi connectivity index (χ1v) is 5.18. The van der Waals surface area contributed by atoms with E-state index in [1.807, 2.05) is 31.3 Å².